The highest BCUT2D eigenvalue weighted by atomic mass is 19.1. The van der Waals surface area contributed by atoms with Gasteiger partial charge in [-0.15, -0.1) is 0 Å². The number of anilines is 1. The first-order chi connectivity index (χ1) is 9.70. The van der Waals surface area contributed by atoms with Gasteiger partial charge in [0, 0.05) is 12.6 Å². The third-order valence-electron chi connectivity index (χ3n) is 3.91. The van der Waals surface area contributed by atoms with Gasteiger partial charge in [-0.1, -0.05) is 31.4 Å². The summed E-state index contributed by atoms with van der Waals surface area (Å²) >= 11 is 0. The van der Waals surface area contributed by atoms with Crippen molar-refractivity contribution >= 4 is 11.7 Å². The molecule has 0 aromatic heterocycles. The van der Waals surface area contributed by atoms with E-state index in [0.717, 1.165) is 12.8 Å². The second kappa shape index (κ2) is 7.24. The van der Waals surface area contributed by atoms with E-state index in [4.69, 9.17) is 5.73 Å². The Balaban J connectivity index is 1.90. The van der Waals surface area contributed by atoms with Gasteiger partial charge in [-0.3, -0.25) is 0 Å². The summed E-state index contributed by atoms with van der Waals surface area (Å²) in [5, 5.41) is 5.40. The lowest BCUT2D eigenvalue weighted by Gasteiger charge is -2.30. The van der Waals surface area contributed by atoms with Crippen LogP contribution in [0.1, 0.15) is 32.1 Å². The van der Waals surface area contributed by atoms with Gasteiger partial charge in [0.05, 0.1) is 5.69 Å². The van der Waals surface area contributed by atoms with Crippen molar-refractivity contribution in [3.63, 3.8) is 0 Å². The summed E-state index contributed by atoms with van der Waals surface area (Å²) in [5.74, 6) is -0.00950. The fraction of sp³-hybridized carbons (Fsp3) is 0.533. The summed E-state index contributed by atoms with van der Waals surface area (Å²) < 4.78 is 13.5. The molecule has 0 radical (unpaired) electrons. The fourth-order valence-corrected chi connectivity index (χ4v) is 2.80. The van der Waals surface area contributed by atoms with Gasteiger partial charge < -0.3 is 16.4 Å². The van der Waals surface area contributed by atoms with E-state index in [1.54, 1.807) is 12.1 Å². The zero-order chi connectivity index (χ0) is 14.4. The zero-order valence-corrected chi connectivity index (χ0v) is 11.6. The zero-order valence-electron chi connectivity index (χ0n) is 11.6. The maximum Gasteiger partial charge on any atom is 0.319 e. The molecule has 1 aromatic rings. The van der Waals surface area contributed by atoms with Gasteiger partial charge in [-0.2, -0.15) is 0 Å². The normalized spacial score (nSPS) is 17.5. The Morgan fingerprint density at radius 2 is 2.00 bits per heavy atom. The van der Waals surface area contributed by atoms with Crippen LogP contribution in [-0.4, -0.2) is 18.6 Å². The average molecular weight is 279 g/mol. The number of hydrogen-bond acceptors (Lipinski definition) is 2. The van der Waals surface area contributed by atoms with E-state index in [0.29, 0.717) is 12.5 Å². The van der Waals surface area contributed by atoms with Crippen molar-refractivity contribution in [3.8, 4) is 0 Å². The second-order valence-corrected chi connectivity index (χ2v) is 5.32. The van der Waals surface area contributed by atoms with Gasteiger partial charge in [0.15, 0.2) is 0 Å². The van der Waals surface area contributed by atoms with Crippen LogP contribution in [0.15, 0.2) is 24.3 Å². The lowest BCUT2D eigenvalue weighted by molar-refractivity contribution is 0.232. The minimum absolute atomic E-state index is 0.0397. The monoisotopic (exact) mass is 279 g/mol. The van der Waals surface area contributed by atoms with Gasteiger partial charge in [0.25, 0.3) is 0 Å². The lowest BCUT2D eigenvalue weighted by atomic mass is 9.84. The van der Waals surface area contributed by atoms with Crippen molar-refractivity contribution in [2.24, 2.45) is 11.7 Å². The minimum Gasteiger partial charge on any atom is -0.334 e. The number of hydrogen-bond donors (Lipinski definition) is 3. The molecule has 20 heavy (non-hydrogen) atoms. The summed E-state index contributed by atoms with van der Waals surface area (Å²) in [6.07, 6.45) is 5.84. The van der Waals surface area contributed by atoms with Gasteiger partial charge >= 0.3 is 6.03 Å². The van der Waals surface area contributed by atoms with Gasteiger partial charge in [0.2, 0.25) is 0 Å². The Morgan fingerprint density at radius 3 is 2.65 bits per heavy atom. The highest BCUT2D eigenvalue weighted by Gasteiger charge is 2.24. The largest absolute Gasteiger partial charge is 0.334 e. The Labute approximate surface area is 118 Å². The van der Waals surface area contributed by atoms with Crippen LogP contribution in [0.25, 0.3) is 0 Å². The topological polar surface area (TPSA) is 67.1 Å². The van der Waals surface area contributed by atoms with Crippen molar-refractivity contribution in [3.05, 3.63) is 30.1 Å². The smallest absolute Gasteiger partial charge is 0.319 e. The summed E-state index contributed by atoms with van der Waals surface area (Å²) in [6.45, 7) is 0.412. The SMILES string of the molecule is NCC(NC(=O)Nc1ccccc1F)C1CCCCC1. The molecule has 1 unspecified atom stereocenters. The van der Waals surface area contributed by atoms with Crippen molar-refractivity contribution in [1.82, 2.24) is 5.32 Å². The standard InChI is InChI=1S/C15H22FN3O/c16-12-8-4-5-9-13(12)18-15(20)19-14(10-17)11-6-2-1-3-7-11/h4-5,8-9,11,14H,1-3,6-7,10,17H2,(H2,18,19,20). The number of rotatable bonds is 4. The molecule has 1 saturated carbocycles. The van der Waals surface area contributed by atoms with E-state index in [2.05, 4.69) is 10.6 Å². The minimum atomic E-state index is -0.440. The Morgan fingerprint density at radius 1 is 1.30 bits per heavy atom. The molecule has 0 spiro atoms. The molecule has 0 aliphatic heterocycles. The van der Waals surface area contributed by atoms with Crippen molar-refractivity contribution in [1.29, 1.82) is 0 Å². The Hall–Kier alpha value is -1.62. The third-order valence-corrected chi connectivity index (χ3v) is 3.91. The molecular weight excluding hydrogens is 257 g/mol. The first kappa shape index (κ1) is 14.8. The van der Waals surface area contributed by atoms with Crippen molar-refractivity contribution < 1.29 is 9.18 Å². The number of para-hydroxylation sites is 1. The molecule has 0 saturated heterocycles. The van der Waals surface area contributed by atoms with Crippen LogP contribution in [-0.2, 0) is 0 Å². The predicted molar refractivity (Wildman–Crippen MR) is 78.0 cm³/mol. The maximum absolute atomic E-state index is 13.5. The number of nitrogens with one attached hydrogen (secondary N) is 2. The van der Waals surface area contributed by atoms with Gasteiger partial charge in [-0.05, 0) is 30.9 Å². The molecule has 5 heteroatoms. The van der Waals surface area contributed by atoms with Crippen LogP contribution in [0.3, 0.4) is 0 Å². The fourth-order valence-electron chi connectivity index (χ4n) is 2.80. The number of benzene rings is 1. The summed E-state index contributed by atoms with van der Waals surface area (Å²) in [5.41, 5.74) is 5.94. The van der Waals surface area contributed by atoms with Gasteiger partial charge in [-0.25, -0.2) is 9.18 Å². The van der Waals surface area contributed by atoms with E-state index < -0.39 is 11.8 Å². The molecule has 1 fully saturated rings. The molecule has 110 valence electrons. The Bertz CT molecular complexity index is 446. The molecule has 2 rings (SSSR count). The molecule has 4 nitrogen and oxygen atoms in total. The summed E-state index contributed by atoms with van der Waals surface area (Å²) in [6, 6.07) is 5.69. The van der Waals surface area contributed by atoms with E-state index >= 15 is 0 Å². The molecule has 0 heterocycles. The molecular formula is C15H22FN3O. The van der Waals surface area contributed by atoms with Crippen LogP contribution in [0, 0.1) is 11.7 Å². The number of carbonyl (C=O) groups excluding carboxylic acids is 1. The van der Waals surface area contributed by atoms with E-state index in [9.17, 15) is 9.18 Å². The number of urea groups is 1. The first-order valence-electron chi connectivity index (χ1n) is 7.23. The number of halogens is 1. The molecule has 1 aromatic carbocycles. The van der Waals surface area contributed by atoms with E-state index in [1.807, 2.05) is 0 Å². The average Bonchev–Trinajstić information content (AvgIpc) is 2.48. The maximum atomic E-state index is 13.5. The van der Waals surface area contributed by atoms with E-state index in [-0.39, 0.29) is 11.7 Å². The quantitative estimate of drug-likeness (QED) is 0.793. The van der Waals surface area contributed by atoms with Crippen LogP contribution in [0.2, 0.25) is 0 Å². The van der Waals surface area contributed by atoms with Crippen molar-refractivity contribution in [2.45, 2.75) is 38.1 Å². The highest BCUT2D eigenvalue weighted by molar-refractivity contribution is 5.89. The predicted octanol–water partition coefficient (Wildman–Crippen LogP) is 2.85. The first-order valence-corrected chi connectivity index (χ1v) is 7.23. The van der Waals surface area contributed by atoms with E-state index in [1.165, 1.54) is 31.4 Å². The van der Waals surface area contributed by atoms with Crippen LogP contribution in [0.4, 0.5) is 14.9 Å². The van der Waals surface area contributed by atoms with Crippen LogP contribution >= 0.6 is 0 Å². The highest BCUT2D eigenvalue weighted by Crippen LogP contribution is 2.26. The Kier molecular flexibility index (Phi) is 5.35. The molecule has 0 bridgehead atoms. The summed E-state index contributed by atoms with van der Waals surface area (Å²) in [7, 11) is 0. The third kappa shape index (κ3) is 3.93. The number of carbonyl (C=O) groups is 1. The molecule has 1 atom stereocenters. The number of nitrogens with two attached hydrogens (primary N) is 1. The second-order valence-electron chi connectivity index (χ2n) is 5.32. The lowest BCUT2D eigenvalue weighted by Crippen LogP contribution is -2.47. The molecule has 2 amide bonds. The molecule has 1 aliphatic rings. The van der Waals surface area contributed by atoms with Crippen molar-refractivity contribution in [2.75, 3.05) is 11.9 Å². The van der Waals surface area contributed by atoms with Crippen LogP contribution < -0.4 is 16.4 Å². The summed E-state index contributed by atoms with van der Waals surface area (Å²) in [4.78, 5) is 11.9. The number of amides is 2. The van der Waals surface area contributed by atoms with Gasteiger partial charge in [0.1, 0.15) is 5.82 Å². The molecule has 4 N–H and O–H groups in total. The molecule has 1 aliphatic carbocycles. The van der Waals surface area contributed by atoms with Crippen LogP contribution in [0.5, 0.6) is 0 Å².